The fourth-order valence-corrected chi connectivity index (χ4v) is 3.63. The summed E-state index contributed by atoms with van der Waals surface area (Å²) in [5.41, 5.74) is 0.471. The predicted octanol–water partition coefficient (Wildman–Crippen LogP) is 3.00. The van der Waals surface area contributed by atoms with Crippen LogP contribution < -0.4 is 14.8 Å². The molecule has 2 aromatic carbocycles. The topological polar surface area (TPSA) is 71.0 Å². The number of carbonyl (C=O) groups excluding carboxylic acids is 1. The zero-order chi connectivity index (χ0) is 19.4. The van der Waals surface area contributed by atoms with E-state index in [1.807, 2.05) is 35.2 Å². The van der Waals surface area contributed by atoms with Gasteiger partial charge in [-0.25, -0.2) is 0 Å². The summed E-state index contributed by atoms with van der Waals surface area (Å²) in [6.45, 7) is 1.50. The van der Waals surface area contributed by atoms with Crippen LogP contribution in [0.15, 0.2) is 46.9 Å². The van der Waals surface area contributed by atoms with Crippen LogP contribution >= 0.6 is 15.9 Å². The quantitative estimate of drug-likeness (QED) is 0.700. The van der Waals surface area contributed by atoms with Gasteiger partial charge in [0.25, 0.3) is 0 Å². The van der Waals surface area contributed by atoms with Gasteiger partial charge in [0.15, 0.2) is 0 Å². The maximum absolute atomic E-state index is 12.2. The molecule has 7 heteroatoms. The highest BCUT2D eigenvalue weighted by Gasteiger charge is 2.44. The van der Waals surface area contributed by atoms with Gasteiger partial charge in [-0.15, -0.1) is 0 Å². The number of carbonyl (C=O) groups is 1. The van der Waals surface area contributed by atoms with Crippen LogP contribution in [0, 0.1) is 0 Å². The van der Waals surface area contributed by atoms with E-state index in [-0.39, 0.29) is 5.91 Å². The molecule has 1 saturated heterocycles. The van der Waals surface area contributed by atoms with E-state index in [0.29, 0.717) is 43.2 Å². The molecule has 0 bridgehead atoms. The van der Waals surface area contributed by atoms with Crippen molar-refractivity contribution in [1.29, 1.82) is 0 Å². The Morgan fingerprint density at radius 2 is 1.89 bits per heavy atom. The number of benzene rings is 2. The number of anilines is 1. The summed E-state index contributed by atoms with van der Waals surface area (Å²) in [5.74, 6) is 1.20. The van der Waals surface area contributed by atoms with Gasteiger partial charge in [-0.05, 0) is 24.3 Å². The molecule has 144 valence electrons. The number of β-amino-alcohol motifs (C(OH)–C–C–N with tert-alkyl or cyclic N) is 1. The van der Waals surface area contributed by atoms with Crippen LogP contribution in [0.1, 0.15) is 12.0 Å². The van der Waals surface area contributed by atoms with Crippen molar-refractivity contribution in [2.45, 2.75) is 12.0 Å². The van der Waals surface area contributed by atoms with E-state index in [9.17, 15) is 9.90 Å². The van der Waals surface area contributed by atoms with Gasteiger partial charge in [0.2, 0.25) is 5.91 Å². The Balaban J connectivity index is 1.52. The number of nitrogens with zero attached hydrogens (tertiary/aromatic N) is 1. The molecule has 0 saturated carbocycles. The Labute approximate surface area is 167 Å². The van der Waals surface area contributed by atoms with Gasteiger partial charge >= 0.3 is 0 Å². The van der Waals surface area contributed by atoms with E-state index >= 15 is 0 Å². The van der Waals surface area contributed by atoms with Gasteiger partial charge in [0.05, 0.1) is 19.9 Å². The molecule has 1 aliphatic heterocycles. The number of para-hydroxylation sites is 2. The van der Waals surface area contributed by atoms with Gasteiger partial charge in [-0.1, -0.05) is 34.1 Å². The molecule has 3 rings (SSSR count). The highest BCUT2D eigenvalue weighted by molar-refractivity contribution is 9.10. The number of aliphatic hydroxyl groups is 1. The first-order valence-electron chi connectivity index (χ1n) is 8.67. The Hall–Kier alpha value is -2.09. The minimum atomic E-state index is -0.953. The van der Waals surface area contributed by atoms with Crippen LogP contribution in [0.25, 0.3) is 0 Å². The van der Waals surface area contributed by atoms with Crippen molar-refractivity contribution in [3.63, 3.8) is 0 Å². The molecule has 2 N–H and O–H groups in total. The maximum atomic E-state index is 12.2. The molecule has 1 fully saturated rings. The smallest absolute Gasteiger partial charge is 0.225 e. The van der Waals surface area contributed by atoms with E-state index in [2.05, 4.69) is 21.2 Å². The number of methoxy groups -OCH3 is 2. The molecular weight excluding hydrogens is 412 g/mol. The summed E-state index contributed by atoms with van der Waals surface area (Å²) in [4.78, 5) is 14.3. The molecule has 6 nitrogen and oxygen atoms in total. The van der Waals surface area contributed by atoms with Crippen molar-refractivity contribution in [2.24, 2.45) is 0 Å². The number of rotatable bonds is 7. The van der Waals surface area contributed by atoms with Crippen molar-refractivity contribution in [2.75, 3.05) is 39.2 Å². The zero-order valence-corrected chi connectivity index (χ0v) is 17.0. The molecule has 0 unspecified atom stereocenters. The first-order valence-corrected chi connectivity index (χ1v) is 9.46. The highest BCUT2D eigenvalue weighted by Crippen LogP contribution is 2.38. The van der Waals surface area contributed by atoms with E-state index < -0.39 is 5.60 Å². The van der Waals surface area contributed by atoms with Gasteiger partial charge in [0.1, 0.15) is 17.1 Å². The minimum absolute atomic E-state index is 0.0869. The van der Waals surface area contributed by atoms with Gasteiger partial charge < -0.3 is 19.9 Å². The molecule has 0 atom stereocenters. The number of hydrogen-bond donors (Lipinski definition) is 2. The maximum Gasteiger partial charge on any atom is 0.225 e. The second-order valence-corrected chi connectivity index (χ2v) is 7.50. The van der Waals surface area contributed by atoms with E-state index in [1.54, 1.807) is 26.4 Å². The Morgan fingerprint density at radius 1 is 1.19 bits per heavy atom. The third-order valence-corrected chi connectivity index (χ3v) is 5.16. The Morgan fingerprint density at radius 3 is 2.59 bits per heavy atom. The van der Waals surface area contributed by atoms with Crippen molar-refractivity contribution in [1.82, 2.24) is 4.90 Å². The van der Waals surface area contributed by atoms with Crippen LogP contribution in [0.2, 0.25) is 0 Å². The Bertz CT molecular complexity index is 821. The summed E-state index contributed by atoms with van der Waals surface area (Å²) in [7, 11) is 3.16. The third kappa shape index (κ3) is 4.43. The third-order valence-electron chi connectivity index (χ3n) is 4.67. The number of likely N-dealkylation sites (tertiary alicyclic amines) is 1. The standard InChI is InChI=1S/C20H23BrN2O4/c1-26-17-6-4-3-5-16(17)22-19(24)9-10-23-12-20(25,13-23)15-8-7-14(21)11-18(15)27-2/h3-8,11,25H,9-10,12-13H2,1-2H3,(H,22,24). The van der Waals surface area contributed by atoms with Gasteiger partial charge in [0, 0.05) is 36.1 Å². The lowest BCUT2D eigenvalue weighted by Crippen LogP contribution is -2.59. The van der Waals surface area contributed by atoms with Crippen LogP contribution in [0.3, 0.4) is 0 Å². The van der Waals surface area contributed by atoms with Crippen molar-refractivity contribution in [3.8, 4) is 11.5 Å². The van der Waals surface area contributed by atoms with Crippen LogP contribution in [-0.2, 0) is 10.4 Å². The number of halogens is 1. The largest absolute Gasteiger partial charge is 0.496 e. The van der Waals surface area contributed by atoms with E-state index in [0.717, 1.165) is 10.0 Å². The number of nitrogens with one attached hydrogen (secondary N) is 1. The predicted molar refractivity (Wildman–Crippen MR) is 107 cm³/mol. The first kappa shape index (κ1) is 19.7. The lowest BCUT2D eigenvalue weighted by atomic mass is 9.85. The monoisotopic (exact) mass is 434 g/mol. The fourth-order valence-electron chi connectivity index (χ4n) is 3.29. The molecule has 0 spiro atoms. The summed E-state index contributed by atoms with van der Waals surface area (Å²) in [6, 6.07) is 12.9. The number of ether oxygens (including phenoxy) is 2. The lowest BCUT2D eigenvalue weighted by molar-refractivity contribution is -0.122. The molecule has 2 aromatic rings. The van der Waals surface area contributed by atoms with Gasteiger partial charge in [-0.2, -0.15) is 0 Å². The average molecular weight is 435 g/mol. The van der Waals surface area contributed by atoms with Crippen LogP contribution in [0.5, 0.6) is 11.5 Å². The summed E-state index contributed by atoms with van der Waals surface area (Å²) >= 11 is 3.41. The molecule has 1 heterocycles. The average Bonchev–Trinajstić information content (AvgIpc) is 2.64. The second kappa shape index (κ2) is 8.29. The van der Waals surface area contributed by atoms with Crippen LogP contribution in [0.4, 0.5) is 5.69 Å². The number of hydrogen-bond acceptors (Lipinski definition) is 5. The first-order chi connectivity index (χ1) is 12.9. The SMILES string of the molecule is COc1ccccc1NC(=O)CCN1CC(O)(c2ccc(Br)cc2OC)C1. The minimum Gasteiger partial charge on any atom is -0.496 e. The lowest BCUT2D eigenvalue weighted by Gasteiger charge is -2.47. The van der Waals surface area contributed by atoms with E-state index in [1.165, 1.54) is 0 Å². The van der Waals surface area contributed by atoms with E-state index in [4.69, 9.17) is 9.47 Å². The highest BCUT2D eigenvalue weighted by atomic mass is 79.9. The second-order valence-electron chi connectivity index (χ2n) is 6.59. The normalized spacial score (nSPS) is 15.7. The summed E-state index contributed by atoms with van der Waals surface area (Å²) < 4.78 is 11.5. The summed E-state index contributed by atoms with van der Waals surface area (Å²) in [6.07, 6.45) is 0.339. The fraction of sp³-hybridized carbons (Fsp3) is 0.350. The molecule has 1 aliphatic rings. The molecule has 0 aromatic heterocycles. The van der Waals surface area contributed by atoms with Crippen molar-refractivity contribution >= 4 is 27.5 Å². The molecular formula is C20H23BrN2O4. The molecule has 1 amide bonds. The van der Waals surface area contributed by atoms with Gasteiger partial charge in [-0.3, -0.25) is 9.69 Å². The van der Waals surface area contributed by atoms with Crippen LogP contribution in [-0.4, -0.2) is 49.8 Å². The zero-order valence-electron chi connectivity index (χ0n) is 15.4. The van der Waals surface area contributed by atoms with Crippen molar-refractivity contribution < 1.29 is 19.4 Å². The number of amides is 1. The summed E-state index contributed by atoms with van der Waals surface area (Å²) in [5, 5.41) is 13.7. The van der Waals surface area contributed by atoms with Crippen molar-refractivity contribution in [3.05, 3.63) is 52.5 Å². The molecule has 0 radical (unpaired) electrons. The molecule has 27 heavy (non-hydrogen) atoms. The molecule has 0 aliphatic carbocycles. The Kier molecular flexibility index (Phi) is 6.04.